The van der Waals surface area contributed by atoms with E-state index in [-0.39, 0.29) is 0 Å². The summed E-state index contributed by atoms with van der Waals surface area (Å²) in [5.74, 6) is 0. The lowest BCUT2D eigenvalue weighted by Crippen LogP contribution is -2.58. The molecule has 1 heterocycles. The van der Waals surface area contributed by atoms with Crippen molar-refractivity contribution >= 4 is 0 Å². The highest BCUT2D eigenvalue weighted by Crippen LogP contribution is 2.21. The molecule has 0 aromatic heterocycles. The molecule has 0 bridgehead atoms. The summed E-state index contributed by atoms with van der Waals surface area (Å²) in [6, 6.07) is 0. The van der Waals surface area contributed by atoms with Gasteiger partial charge in [0.25, 0.3) is 0 Å². The van der Waals surface area contributed by atoms with Crippen molar-refractivity contribution in [3.63, 3.8) is 0 Å². The Balaban J connectivity index is 2.65. The van der Waals surface area contributed by atoms with Crippen molar-refractivity contribution in [1.82, 2.24) is 0 Å². The minimum atomic E-state index is -1.40. The molecule has 0 saturated carbocycles. The van der Waals surface area contributed by atoms with Crippen LogP contribution in [0.4, 0.5) is 0 Å². The van der Waals surface area contributed by atoms with Crippen LogP contribution < -0.4 is 0 Å². The molecule has 1 saturated heterocycles. The van der Waals surface area contributed by atoms with Crippen LogP contribution in [-0.4, -0.2) is 57.7 Å². The molecule has 6 heteroatoms. The molecule has 0 amide bonds. The van der Waals surface area contributed by atoms with E-state index in [4.69, 9.17) is 14.6 Å². The molecule has 0 aromatic rings. The van der Waals surface area contributed by atoms with E-state index in [9.17, 15) is 15.3 Å². The Kier molecular flexibility index (Phi) is 4.49. The molecule has 15 heavy (non-hydrogen) atoms. The van der Waals surface area contributed by atoms with Crippen LogP contribution >= 0.6 is 0 Å². The maximum absolute atomic E-state index is 9.47. The Morgan fingerprint density at radius 3 is 2.40 bits per heavy atom. The third-order valence-corrected chi connectivity index (χ3v) is 2.20. The molecule has 0 spiro atoms. The largest absolute Gasteiger partial charge is 0.470 e. The predicted octanol–water partition coefficient (Wildman–Crippen LogP) is -1.66. The van der Waals surface area contributed by atoms with Gasteiger partial charge in [-0.1, -0.05) is 6.08 Å². The van der Waals surface area contributed by atoms with Crippen molar-refractivity contribution in [1.29, 1.82) is 0 Å². The van der Waals surface area contributed by atoms with E-state index in [2.05, 4.69) is 0 Å². The summed E-state index contributed by atoms with van der Waals surface area (Å²) in [4.78, 5) is 0. The smallest absolute Gasteiger partial charge is 0.228 e. The maximum atomic E-state index is 9.47. The van der Waals surface area contributed by atoms with E-state index in [1.807, 2.05) is 0 Å². The lowest BCUT2D eigenvalue weighted by Gasteiger charge is -2.38. The van der Waals surface area contributed by atoms with Gasteiger partial charge in [-0.05, 0) is 6.92 Å². The number of ether oxygens (including phenoxy) is 2. The standard InChI is InChI=1S/C9H16O6/c1-2-3-14-9-8(13)7(12)6(11)5(4-10)15-9/h2-3,5-13H,4H2,1H3/b3-2-/t5-,6-,7+,8-,9?/m1/s1. The number of hydrogen-bond acceptors (Lipinski definition) is 6. The third-order valence-electron chi connectivity index (χ3n) is 2.20. The lowest BCUT2D eigenvalue weighted by molar-refractivity contribution is -0.287. The van der Waals surface area contributed by atoms with Crippen LogP contribution in [0.5, 0.6) is 0 Å². The van der Waals surface area contributed by atoms with Crippen molar-refractivity contribution in [3.05, 3.63) is 12.3 Å². The molecular weight excluding hydrogens is 204 g/mol. The van der Waals surface area contributed by atoms with Crippen molar-refractivity contribution in [2.75, 3.05) is 6.61 Å². The van der Waals surface area contributed by atoms with Gasteiger partial charge in [-0.15, -0.1) is 0 Å². The van der Waals surface area contributed by atoms with Crippen LogP contribution in [0.15, 0.2) is 12.3 Å². The summed E-state index contributed by atoms with van der Waals surface area (Å²) < 4.78 is 10.0. The Labute approximate surface area is 87.4 Å². The molecule has 5 atom stereocenters. The Morgan fingerprint density at radius 1 is 1.20 bits per heavy atom. The molecule has 1 aliphatic rings. The van der Waals surface area contributed by atoms with Gasteiger partial charge >= 0.3 is 0 Å². The second-order valence-electron chi connectivity index (χ2n) is 3.30. The summed E-state index contributed by atoms with van der Waals surface area (Å²) in [7, 11) is 0. The van der Waals surface area contributed by atoms with E-state index < -0.39 is 37.3 Å². The predicted molar refractivity (Wildman–Crippen MR) is 49.7 cm³/mol. The van der Waals surface area contributed by atoms with Gasteiger partial charge in [-0.2, -0.15) is 0 Å². The quantitative estimate of drug-likeness (QED) is 0.425. The lowest BCUT2D eigenvalue weighted by atomic mass is 9.99. The van der Waals surface area contributed by atoms with Crippen molar-refractivity contribution in [2.24, 2.45) is 0 Å². The van der Waals surface area contributed by atoms with E-state index in [1.165, 1.54) is 6.26 Å². The van der Waals surface area contributed by atoms with E-state index >= 15 is 0 Å². The highest BCUT2D eigenvalue weighted by atomic mass is 16.7. The van der Waals surface area contributed by atoms with Gasteiger partial charge in [0.2, 0.25) is 6.29 Å². The average molecular weight is 220 g/mol. The number of hydrogen-bond donors (Lipinski definition) is 4. The molecular formula is C9H16O6. The summed E-state index contributed by atoms with van der Waals surface area (Å²) in [5.41, 5.74) is 0. The first-order valence-corrected chi connectivity index (χ1v) is 4.69. The highest BCUT2D eigenvalue weighted by Gasteiger charge is 2.44. The normalized spacial score (nSPS) is 42.1. The minimum absolute atomic E-state index is 0.458. The Bertz CT molecular complexity index is 217. The summed E-state index contributed by atoms with van der Waals surface area (Å²) in [5, 5.41) is 37.1. The first kappa shape index (κ1) is 12.4. The zero-order valence-corrected chi connectivity index (χ0v) is 8.35. The fraction of sp³-hybridized carbons (Fsp3) is 0.778. The Hall–Kier alpha value is -0.660. The minimum Gasteiger partial charge on any atom is -0.470 e. The van der Waals surface area contributed by atoms with Gasteiger partial charge in [-0.3, -0.25) is 0 Å². The number of aliphatic hydroxyl groups is 4. The van der Waals surface area contributed by atoms with Gasteiger partial charge in [-0.25, -0.2) is 0 Å². The van der Waals surface area contributed by atoms with Crippen LogP contribution in [0.1, 0.15) is 6.92 Å². The summed E-state index contributed by atoms with van der Waals surface area (Å²) in [6.45, 7) is 1.25. The van der Waals surface area contributed by atoms with Crippen molar-refractivity contribution < 1.29 is 29.9 Å². The van der Waals surface area contributed by atoms with E-state index in [0.717, 1.165) is 0 Å². The van der Waals surface area contributed by atoms with Gasteiger partial charge < -0.3 is 29.9 Å². The molecule has 1 unspecified atom stereocenters. The molecule has 1 rings (SSSR count). The number of aliphatic hydroxyl groups excluding tert-OH is 4. The van der Waals surface area contributed by atoms with Crippen LogP contribution in [-0.2, 0) is 9.47 Å². The summed E-state index contributed by atoms with van der Waals surface area (Å²) in [6.07, 6.45) is -3.23. The number of rotatable bonds is 3. The third kappa shape index (κ3) is 2.67. The first-order chi connectivity index (χ1) is 7.11. The van der Waals surface area contributed by atoms with Gasteiger partial charge in [0.15, 0.2) is 0 Å². The molecule has 1 aliphatic heterocycles. The van der Waals surface area contributed by atoms with Gasteiger partial charge in [0.1, 0.15) is 24.4 Å². The van der Waals surface area contributed by atoms with Crippen LogP contribution in [0.25, 0.3) is 0 Å². The zero-order chi connectivity index (χ0) is 11.4. The summed E-state index contributed by atoms with van der Waals surface area (Å²) >= 11 is 0. The average Bonchev–Trinajstić information content (AvgIpc) is 2.25. The van der Waals surface area contributed by atoms with Crippen LogP contribution in [0.3, 0.4) is 0 Å². The second kappa shape index (κ2) is 5.43. The monoisotopic (exact) mass is 220 g/mol. The topological polar surface area (TPSA) is 99.4 Å². The second-order valence-corrected chi connectivity index (χ2v) is 3.30. The molecule has 0 aliphatic carbocycles. The van der Waals surface area contributed by atoms with E-state index in [0.29, 0.717) is 0 Å². The fourth-order valence-corrected chi connectivity index (χ4v) is 1.34. The van der Waals surface area contributed by atoms with Crippen molar-refractivity contribution in [3.8, 4) is 0 Å². The van der Waals surface area contributed by atoms with Crippen molar-refractivity contribution in [2.45, 2.75) is 37.6 Å². The molecule has 1 fully saturated rings. The highest BCUT2D eigenvalue weighted by molar-refractivity contribution is 4.89. The molecule has 88 valence electrons. The van der Waals surface area contributed by atoms with Crippen LogP contribution in [0.2, 0.25) is 0 Å². The van der Waals surface area contributed by atoms with E-state index in [1.54, 1.807) is 13.0 Å². The molecule has 4 N–H and O–H groups in total. The molecule has 0 radical (unpaired) electrons. The zero-order valence-electron chi connectivity index (χ0n) is 8.35. The van der Waals surface area contributed by atoms with Crippen LogP contribution in [0, 0.1) is 0 Å². The number of allylic oxidation sites excluding steroid dienone is 1. The first-order valence-electron chi connectivity index (χ1n) is 4.69. The van der Waals surface area contributed by atoms with Gasteiger partial charge in [0.05, 0.1) is 12.9 Å². The SMILES string of the molecule is C/C=C\OC1O[C@H](CO)[C@@H](O)[C@H](O)[C@H]1O. The molecule has 0 aromatic carbocycles. The van der Waals surface area contributed by atoms with Gasteiger partial charge in [0, 0.05) is 0 Å². The Morgan fingerprint density at radius 2 is 1.87 bits per heavy atom. The molecule has 6 nitrogen and oxygen atoms in total. The maximum Gasteiger partial charge on any atom is 0.228 e. The fourth-order valence-electron chi connectivity index (χ4n) is 1.34.